The summed E-state index contributed by atoms with van der Waals surface area (Å²) in [5.41, 5.74) is 2.06. The number of hydrogen-bond acceptors (Lipinski definition) is 5. The summed E-state index contributed by atoms with van der Waals surface area (Å²) in [4.78, 5) is 23.4. The van der Waals surface area contributed by atoms with Gasteiger partial charge >= 0.3 is 0 Å². The molecule has 0 bridgehead atoms. The van der Waals surface area contributed by atoms with Crippen molar-refractivity contribution in [1.29, 1.82) is 0 Å². The van der Waals surface area contributed by atoms with E-state index in [1.807, 2.05) is 24.3 Å². The zero-order valence-electron chi connectivity index (χ0n) is 16.3. The van der Waals surface area contributed by atoms with Crippen LogP contribution in [0.1, 0.15) is 32.8 Å². The molecule has 0 spiro atoms. The number of benzene rings is 1. The summed E-state index contributed by atoms with van der Waals surface area (Å²) in [6, 6.07) is 9.97. The van der Waals surface area contributed by atoms with E-state index < -0.39 is 0 Å². The molecular weight excluding hydrogens is 356 g/mol. The molecule has 27 heavy (non-hydrogen) atoms. The number of carbonyl (C=O) groups excluding carboxylic acids is 1. The van der Waals surface area contributed by atoms with Crippen LogP contribution < -0.4 is 10.2 Å². The zero-order valence-corrected chi connectivity index (χ0v) is 17.1. The van der Waals surface area contributed by atoms with E-state index in [-0.39, 0.29) is 5.91 Å². The first-order chi connectivity index (χ1) is 13.0. The van der Waals surface area contributed by atoms with E-state index >= 15 is 0 Å². The average molecular weight is 385 g/mol. The summed E-state index contributed by atoms with van der Waals surface area (Å²) in [5, 5.41) is 3.80. The number of nitrogens with one attached hydrogen (secondary N) is 1. The van der Waals surface area contributed by atoms with Gasteiger partial charge < -0.3 is 10.2 Å². The van der Waals surface area contributed by atoms with Gasteiger partial charge in [0.25, 0.3) is 0 Å². The van der Waals surface area contributed by atoms with E-state index in [1.54, 1.807) is 6.33 Å². The number of aromatic nitrogens is 2. The van der Waals surface area contributed by atoms with Gasteiger partial charge in [0.05, 0.1) is 5.75 Å². The molecule has 1 N–H and O–H groups in total. The molecule has 3 rings (SSSR count). The second-order valence-electron chi connectivity index (χ2n) is 7.46. The van der Waals surface area contributed by atoms with E-state index in [0.717, 1.165) is 36.0 Å². The minimum absolute atomic E-state index is 0.0198. The van der Waals surface area contributed by atoms with Crippen molar-refractivity contribution in [3.8, 4) is 0 Å². The molecule has 0 unspecified atom stereocenters. The Hall–Kier alpha value is -2.08. The van der Waals surface area contributed by atoms with Gasteiger partial charge in [0.1, 0.15) is 17.2 Å². The molecule has 1 aromatic carbocycles. The van der Waals surface area contributed by atoms with Crippen molar-refractivity contribution in [3.05, 3.63) is 42.2 Å². The fourth-order valence-corrected chi connectivity index (χ4v) is 4.30. The number of carbonyl (C=O) groups is 1. The summed E-state index contributed by atoms with van der Waals surface area (Å²) in [6.07, 6.45) is 3.82. The molecule has 1 aliphatic rings. The maximum absolute atomic E-state index is 12.3. The Morgan fingerprint density at radius 1 is 1.22 bits per heavy atom. The highest BCUT2D eigenvalue weighted by molar-refractivity contribution is 7.99. The van der Waals surface area contributed by atoms with Crippen LogP contribution >= 0.6 is 11.8 Å². The average Bonchev–Trinajstić information content (AvgIpc) is 2.66. The normalized spacial score (nSPS) is 19.7. The van der Waals surface area contributed by atoms with E-state index in [0.29, 0.717) is 17.6 Å². The molecule has 1 saturated heterocycles. The molecule has 2 aromatic rings. The van der Waals surface area contributed by atoms with Gasteiger partial charge in [-0.1, -0.05) is 44.7 Å². The third-order valence-electron chi connectivity index (χ3n) is 4.79. The van der Waals surface area contributed by atoms with Gasteiger partial charge in [-0.25, -0.2) is 9.97 Å². The van der Waals surface area contributed by atoms with Gasteiger partial charge in [-0.3, -0.25) is 4.79 Å². The number of amides is 1. The predicted octanol–water partition coefficient (Wildman–Crippen LogP) is 4.25. The van der Waals surface area contributed by atoms with Gasteiger partial charge in [-0.15, -0.1) is 0 Å². The molecule has 2 heterocycles. The summed E-state index contributed by atoms with van der Waals surface area (Å²) < 4.78 is 0. The molecule has 1 fully saturated rings. The molecule has 144 valence electrons. The molecule has 0 radical (unpaired) electrons. The minimum atomic E-state index is -0.0198. The van der Waals surface area contributed by atoms with Crippen LogP contribution in [0, 0.1) is 11.8 Å². The maximum atomic E-state index is 12.3. The Labute approximate surface area is 166 Å². The molecule has 0 aliphatic carbocycles. The number of thioether (sulfide) groups is 1. The number of piperidine rings is 1. The first-order valence-corrected chi connectivity index (χ1v) is 10.6. The highest BCUT2D eigenvalue weighted by Crippen LogP contribution is 2.27. The Morgan fingerprint density at radius 3 is 2.74 bits per heavy atom. The van der Waals surface area contributed by atoms with Crippen LogP contribution in [-0.4, -0.2) is 34.7 Å². The fourth-order valence-electron chi connectivity index (χ4n) is 3.64. The first-order valence-electron chi connectivity index (χ1n) is 9.62. The van der Waals surface area contributed by atoms with Crippen molar-refractivity contribution in [1.82, 2.24) is 9.97 Å². The molecule has 1 aromatic heterocycles. The lowest BCUT2D eigenvalue weighted by Gasteiger charge is -2.35. The highest BCUT2D eigenvalue weighted by Gasteiger charge is 2.23. The van der Waals surface area contributed by atoms with Crippen LogP contribution in [0.3, 0.4) is 0 Å². The predicted molar refractivity (Wildman–Crippen MR) is 112 cm³/mol. The second kappa shape index (κ2) is 9.22. The van der Waals surface area contributed by atoms with Gasteiger partial charge in [0, 0.05) is 24.8 Å². The topological polar surface area (TPSA) is 58.1 Å². The number of rotatable bonds is 6. The number of anilines is 2. The van der Waals surface area contributed by atoms with Gasteiger partial charge in [0.15, 0.2) is 0 Å². The van der Waals surface area contributed by atoms with E-state index in [4.69, 9.17) is 0 Å². The number of aryl methyl sites for hydroxylation is 1. The van der Waals surface area contributed by atoms with E-state index in [9.17, 15) is 4.79 Å². The largest absolute Gasteiger partial charge is 0.356 e. The monoisotopic (exact) mass is 384 g/mol. The number of hydrogen-bond donors (Lipinski definition) is 1. The summed E-state index contributed by atoms with van der Waals surface area (Å²) in [5.74, 6) is 2.61. The minimum Gasteiger partial charge on any atom is -0.356 e. The first kappa shape index (κ1) is 19.7. The molecule has 0 saturated carbocycles. The molecule has 1 aliphatic heterocycles. The number of nitrogens with zero attached hydrogens (tertiary/aromatic N) is 3. The fraction of sp³-hybridized carbons (Fsp3) is 0.476. The van der Waals surface area contributed by atoms with Gasteiger partial charge in [-0.2, -0.15) is 0 Å². The molecule has 2 atom stereocenters. The van der Waals surface area contributed by atoms with Crippen LogP contribution in [0.5, 0.6) is 0 Å². The van der Waals surface area contributed by atoms with Crippen molar-refractivity contribution in [2.45, 2.75) is 38.6 Å². The Balaban J connectivity index is 1.57. The third-order valence-corrected chi connectivity index (χ3v) is 5.72. The third kappa shape index (κ3) is 5.70. The highest BCUT2D eigenvalue weighted by atomic mass is 32.2. The van der Waals surface area contributed by atoms with Crippen molar-refractivity contribution in [2.24, 2.45) is 11.8 Å². The molecule has 1 amide bonds. The van der Waals surface area contributed by atoms with Crippen LogP contribution in [0.2, 0.25) is 0 Å². The van der Waals surface area contributed by atoms with Crippen LogP contribution in [-0.2, 0) is 11.2 Å². The van der Waals surface area contributed by atoms with Crippen molar-refractivity contribution >= 4 is 29.2 Å². The summed E-state index contributed by atoms with van der Waals surface area (Å²) >= 11 is 1.45. The second-order valence-corrected chi connectivity index (χ2v) is 8.45. The Bertz CT molecular complexity index is 772. The van der Waals surface area contributed by atoms with Crippen molar-refractivity contribution < 1.29 is 4.79 Å². The lowest BCUT2D eigenvalue weighted by Crippen LogP contribution is -2.39. The Kier molecular flexibility index (Phi) is 6.72. The smallest absolute Gasteiger partial charge is 0.234 e. The van der Waals surface area contributed by atoms with Crippen molar-refractivity contribution in [2.75, 3.05) is 29.1 Å². The maximum Gasteiger partial charge on any atom is 0.234 e. The summed E-state index contributed by atoms with van der Waals surface area (Å²) in [6.45, 7) is 8.74. The van der Waals surface area contributed by atoms with E-state index in [2.05, 4.69) is 47.0 Å². The lowest BCUT2D eigenvalue weighted by atomic mass is 9.92. The van der Waals surface area contributed by atoms with Crippen LogP contribution in [0.15, 0.2) is 41.7 Å². The van der Waals surface area contributed by atoms with Crippen LogP contribution in [0.25, 0.3) is 0 Å². The van der Waals surface area contributed by atoms with E-state index in [1.165, 1.54) is 23.7 Å². The van der Waals surface area contributed by atoms with Gasteiger partial charge in [-0.05, 0) is 42.4 Å². The molecule has 5 nitrogen and oxygen atoms in total. The Morgan fingerprint density at radius 2 is 2.00 bits per heavy atom. The molecule has 6 heteroatoms. The van der Waals surface area contributed by atoms with Gasteiger partial charge in [0.2, 0.25) is 5.91 Å². The summed E-state index contributed by atoms with van der Waals surface area (Å²) in [7, 11) is 0. The lowest BCUT2D eigenvalue weighted by molar-refractivity contribution is -0.113. The van der Waals surface area contributed by atoms with Crippen LogP contribution in [0.4, 0.5) is 11.5 Å². The standard InChI is InChI=1S/C21H28N4OS/c1-4-17-6-5-7-18(9-17)24-20(26)13-27-21-10-19(22-14-23-21)25-11-15(2)8-16(3)12-25/h5-7,9-10,14-16H,4,8,11-13H2,1-3H3,(H,24,26)/t15-,16-/m1/s1. The quantitative estimate of drug-likeness (QED) is 0.596. The van der Waals surface area contributed by atoms with Crippen molar-refractivity contribution in [3.63, 3.8) is 0 Å². The zero-order chi connectivity index (χ0) is 19.2. The SMILES string of the molecule is CCc1cccc(NC(=O)CSc2cc(N3C[C@H](C)C[C@@H](C)C3)ncn2)c1. The molecular formula is C21H28N4OS.